The molecule has 0 N–H and O–H groups in total. The Kier molecular flexibility index (Phi) is 12.9. The molecule has 2 aromatic heterocycles. The monoisotopic (exact) mass is 563 g/mol. The van der Waals surface area contributed by atoms with Crippen LogP contribution in [0, 0.1) is 0 Å². The van der Waals surface area contributed by atoms with E-state index in [0.717, 1.165) is 6.42 Å². The maximum atomic E-state index is 12.6. The first-order valence-electron chi connectivity index (χ1n) is 12.9. The summed E-state index contributed by atoms with van der Waals surface area (Å²) in [4.78, 5) is 53.3. The number of aryl methyl sites for hydroxylation is 2. The van der Waals surface area contributed by atoms with E-state index in [1.54, 1.807) is 49.1 Å². The van der Waals surface area contributed by atoms with Gasteiger partial charge in [-0.2, -0.15) is 0 Å². The lowest BCUT2D eigenvalue weighted by Crippen LogP contribution is -2.39. The highest BCUT2D eigenvalue weighted by atomic mass is 35.5. The van der Waals surface area contributed by atoms with E-state index in [1.165, 1.54) is 9.13 Å². The number of esters is 1. The van der Waals surface area contributed by atoms with Gasteiger partial charge in [-0.3, -0.25) is 13.9 Å². The van der Waals surface area contributed by atoms with Gasteiger partial charge in [0.25, 0.3) is 5.56 Å². The predicted octanol–water partition coefficient (Wildman–Crippen LogP) is 2.89. The van der Waals surface area contributed by atoms with E-state index < -0.39 is 0 Å². The maximum absolute atomic E-state index is 12.6. The van der Waals surface area contributed by atoms with Crippen LogP contribution in [-0.2, 0) is 34.5 Å². The highest BCUT2D eigenvalue weighted by molar-refractivity contribution is 6.30. The molecule has 0 bridgehead atoms. The molecule has 0 atom stereocenters. The summed E-state index contributed by atoms with van der Waals surface area (Å²) in [5.41, 5.74) is 0.230. The third-order valence-corrected chi connectivity index (χ3v) is 5.95. The number of rotatable bonds is 13. The summed E-state index contributed by atoms with van der Waals surface area (Å²) in [6, 6.07) is 6.81. The van der Waals surface area contributed by atoms with Crippen LogP contribution in [0.5, 0.6) is 5.75 Å². The Hall–Kier alpha value is -3.44. The molecule has 39 heavy (non-hydrogen) atoms. The number of hydrogen-bond donors (Lipinski definition) is 0. The van der Waals surface area contributed by atoms with Crippen molar-refractivity contribution in [2.45, 2.75) is 52.6 Å². The molecular weight excluding hydrogens is 526 g/mol. The lowest BCUT2D eigenvalue weighted by molar-refractivity contribution is -0.146. The molecule has 0 saturated carbocycles. The van der Waals surface area contributed by atoms with E-state index in [2.05, 4.69) is 4.98 Å². The summed E-state index contributed by atoms with van der Waals surface area (Å²) in [5, 5.41) is 0.630. The number of carbonyl (C=O) groups excluding carboxylic acids is 2. The molecule has 3 rings (SSSR count). The summed E-state index contributed by atoms with van der Waals surface area (Å²) >= 11 is 5.72. The number of ether oxygens (including phenoxy) is 2. The molecule has 11 nitrogen and oxygen atoms in total. The van der Waals surface area contributed by atoms with Crippen molar-refractivity contribution in [2.24, 2.45) is 7.05 Å². The average molecular weight is 564 g/mol. The van der Waals surface area contributed by atoms with Gasteiger partial charge in [-0.25, -0.2) is 14.6 Å². The summed E-state index contributed by atoms with van der Waals surface area (Å²) in [5.74, 6) is 0.345. The van der Waals surface area contributed by atoms with Crippen LogP contribution in [-0.4, -0.2) is 69.2 Å². The quantitative estimate of drug-likeness (QED) is 0.230. The van der Waals surface area contributed by atoms with Gasteiger partial charge in [0.15, 0.2) is 17.8 Å². The number of likely N-dealkylation sites (N-methyl/N-ethyl adjacent to an activating group) is 1. The number of unbranched alkanes of at least 4 members (excludes halogenated alkanes) is 1. The van der Waals surface area contributed by atoms with Crippen molar-refractivity contribution in [3.8, 4) is 5.75 Å². The third-order valence-electron chi connectivity index (χ3n) is 5.70. The van der Waals surface area contributed by atoms with Crippen LogP contribution in [0.25, 0.3) is 11.2 Å². The van der Waals surface area contributed by atoms with Gasteiger partial charge in [0, 0.05) is 38.1 Å². The summed E-state index contributed by atoms with van der Waals surface area (Å²) < 4.78 is 14.7. The van der Waals surface area contributed by atoms with Crippen molar-refractivity contribution in [3.63, 3.8) is 0 Å². The number of aromatic nitrogens is 4. The molecule has 0 amide bonds. The second kappa shape index (κ2) is 15.8. The SMILES string of the molecule is CCCn1cnc2c1c(=O)n(CCCCC(C)=O)c(=O)n2C.CN(C)CCOC(=O)COc1ccc(Cl)cc1. The number of fused-ring (bicyclic) bond motifs is 1. The van der Waals surface area contributed by atoms with Crippen molar-refractivity contribution in [2.75, 3.05) is 33.9 Å². The number of imidazole rings is 1. The van der Waals surface area contributed by atoms with Crippen LogP contribution < -0.4 is 16.0 Å². The Morgan fingerprint density at radius 3 is 2.38 bits per heavy atom. The van der Waals surface area contributed by atoms with Crippen LogP contribution >= 0.6 is 11.6 Å². The van der Waals surface area contributed by atoms with E-state index in [1.807, 2.05) is 25.9 Å². The Morgan fingerprint density at radius 1 is 1.08 bits per heavy atom. The van der Waals surface area contributed by atoms with E-state index in [9.17, 15) is 19.2 Å². The fourth-order valence-electron chi connectivity index (χ4n) is 3.63. The largest absolute Gasteiger partial charge is 0.482 e. The predicted molar refractivity (Wildman–Crippen MR) is 151 cm³/mol. The smallest absolute Gasteiger partial charge is 0.344 e. The highest BCUT2D eigenvalue weighted by Crippen LogP contribution is 2.15. The molecule has 12 heteroatoms. The van der Waals surface area contributed by atoms with Gasteiger partial charge in [0.05, 0.1) is 6.33 Å². The van der Waals surface area contributed by atoms with E-state index in [4.69, 9.17) is 21.1 Å². The summed E-state index contributed by atoms with van der Waals surface area (Å²) in [6.07, 6.45) is 4.27. The van der Waals surface area contributed by atoms with Crippen molar-refractivity contribution >= 4 is 34.5 Å². The standard InChI is InChI=1S/C15H22N4O3.C12H16ClNO3/c1-4-8-18-10-16-13-12(18)14(21)19(15(22)17(13)3)9-6-5-7-11(2)20;1-14(2)7-8-16-12(15)9-17-11-5-3-10(13)4-6-11/h10H,4-9H2,1-3H3;3-6H,7-9H2,1-2H3. The van der Waals surface area contributed by atoms with Gasteiger partial charge in [0.1, 0.15) is 18.1 Å². The van der Waals surface area contributed by atoms with Gasteiger partial charge >= 0.3 is 11.7 Å². The number of benzene rings is 1. The lowest BCUT2D eigenvalue weighted by Gasteiger charge is -2.10. The third kappa shape index (κ3) is 9.99. The highest BCUT2D eigenvalue weighted by Gasteiger charge is 2.15. The molecular formula is C27H38ClN5O6. The molecule has 1 aromatic carbocycles. The van der Waals surface area contributed by atoms with Crippen LogP contribution in [0.3, 0.4) is 0 Å². The molecule has 0 spiro atoms. The topological polar surface area (TPSA) is 118 Å². The molecule has 3 aromatic rings. The van der Waals surface area contributed by atoms with Crippen LogP contribution in [0.1, 0.15) is 39.5 Å². The van der Waals surface area contributed by atoms with Crippen LogP contribution in [0.15, 0.2) is 40.2 Å². The number of carbonyl (C=O) groups is 2. The summed E-state index contributed by atoms with van der Waals surface area (Å²) in [6.45, 7) is 5.56. The van der Waals surface area contributed by atoms with E-state index >= 15 is 0 Å². The molecule has 0 aliphatic heterocycles. The Labute approximate surface area is 232 Å². The molecule has 214 valence electrons. The maximum Gasteiger partial charge on any atom is 0.344 e. The molecule has 2 heterocycles. The molecule has 0 aliphatic carbocycles. The number of ketones is 1. The van der Waals surface area contributed by atoms with Crippen molar-refractivity contribution in [1.82, 2.24) is 23.6 Å². The molecule has 0 unspecified atom stereocenters. The van der Waals surface area contributed by atoms with Gasteiger partial charge in [-0.1, -0.05) is 18.5 Å². The first-order valence-corrected chi connectivity index (χ1v) is 13.3. The Morgan fingerprint density at radius 2 is 1.77 bits per heavy atom. The van der Waals surface area contributed by atoms with Crippen molar-refractivity contribution in [3.05, 3.63) is 56.5 Å². The van der Waals surface area contributed by atoms with E-state index in [0.29, 0.717) is 67.4 Å². The number of halogens is 1. The van der Waals surface area contributed by atoms with E-state index in [-0.39, 0.29) is 29.6 Å². The molecule has 0 aliphatic rings. The summed E-state index contributed by atoms with van der Waals surface area (Å²) in [7, 11) is 5.45. The average Bonchev–Trinajstić information content (AvgIpc) is 3.31. The van der Waals surface area contributed by atoms with Gasteiger partial charge in [0.2, 0.25) is 0 Å². The van der Waals surface area contributed by atoms with Gasteiger partial charge < -0.3 is 23.7 Å². The number of hydrogen-bond acceptors (Lipinski definition) is 8. The fourth-order valence-corrected chi connectivity index (χ4v) is 3.76. The lowest BCUT2D eigenvalue weighted by atomic mass is 10.2. The normalized spacial score (nSPS) is 10.8. The Bertz CT molecular complexity index is 1340. The zero-order valence-corrected chi connectivity index (χ0v) is 24.1. The molecule has 0 saturated heterocycles. The first-order chi connectivity index (χ1) is 18.5. The minimum atomic E-state index is -0.373. The van der Waals surface area contributed by atoms with Crippen molar-refractivity contribution < 1.29 is 19.1 Å². The van der Waals surface area contributed by atoms with Crippen LogP contribution in [0.2, 0.25) is 5.02 Å². The zero-order chi connectivity index (χ0) is 28.9. The number of nitrogens with zero attached hydrogens (tertiary/aromatic N) is 5. The second-order valence-electron chi connectivity index (χ2n) is 9.33. The number of Topliss-reactive ketones (excluding diaryl/α,β-unsaturated/α-hetero) is 1. The minimum absolute atomic E-state index is 0.0882. The van der Waals surface area contributed by atoms with Gasteiger partial charge in [-0.15, -0.1) is 0 Å². The molecule has 0 fully saturated rings. The zero-order valence-electron chi connectivity index (χ0n) is 23.3. The second-order valence-corrected chi connectivity index (χ2v) is 9.77. The van der Waals surface area contributed by atoms with Crippen LogP contribution in [0.4, 0.5) is 0 Å². The minimum Gasteiger partial charge on any atom is -0.482 e. The van der Waals surface area contributed by atoms with Gasteiger partial charge in [-0.05, 0) is 64.5 Å². The first kappa shape index (κ1) is 31.8. The Balaban J connectivity index is 0.000000283. The molecule has 0 radical (unpaired) electrons. The fraction of sp³-hybridized carbons (Fsp3) is 0.519. The van der Waals surface area contributed by atoms with Crippen molar-refractivity contribution in [1.29, 1.82) is 0 Å².